The number of hydrogen-bond donors (Lipinski definition) is 0. The van der Waals surface area contributed by atoms with Crippen LogP contribution < -0.4 is 14.4 Å². The molecule has 0 bridgehead atoms. The van der Waals surface area contributed by atoms with Crippen molar-refractivity contribution in [2.24, 2.45) is 0 Å². The van der Waals surface area contributed by atoms with Gasteiger partial charge in [0.1, 0.15) is 11.5 Å². The van der Waals surface area contributed by atoms with Gasteiger partial charge in [0.15, 0.2) is 11.5 Å². The lowest BCUT2D eigenvalue weighted by molar-refractivity contribution is 0.416. The Labute approximate surface area is 319 Å². The Bertz CT molecular complexity index is 2480. The van der Waals surface area contributed by atoms with Crippen molar-refractivity contribution in [3.05, 3.63) is 174 Å². The van der Waals surface area contributed by atoms with E-state index in [0.717, 1.165) is 51.2 Å². The standard InChI is InChI=1S/C48H37NO2S2/c1-47(2)33-15-5-7-21-39(33)50-44-35(47)17-12-19-37(44)49(38-20-13-18-36-45(38)51-40-22-8-6-16-34(40)48(36,3)4)31-28-26-30(27-29-31)32-14-11-25-43-46(32)53-42-24-10-9-23-41(42)52-43/h5-29H,1-4H3. The number of nitrogens with zero attached hydrogens (tertiary/aromatic N) is 1. The van der Waals surface area contributed by atoms with E-state index in [4.69, 9.17) is 9.47 Å². The molecule has 0 N–H and O–H groups in total. The molecule has 0 amide bonds. The summed E-state index contributed by atoms with van der Waals surface area (Å²) >= 11 is 3.72. The molecule has 0 unspecified atom stereocenters. The summed E-state index contributed by atoms with van der Waals surface area (Å²) < 4.78 is 13.8. The van der Waals surface area contributed by atoms with Gasteiger partial charge in [-0.1, -0.05) is 148 Å². The highest BCUT2D eigenvalue weighted by Gasteiger charge is 2.39. The van der Waals surface area contributed by atoms with E-state index in [1.165, 1.54) is 41.8 Å². The zero-order valence-corrected chi connectivity index (χ0v) is 31.6. The molecule has 7 aromatic carbocycles. The van der Waals surface area contributed by atoms with Crippen molar-refractivity contribution in [1.29, 1.82) is 0 Å². The lowest BCUT2D eigenvalue weighted by Crippen LogP contribution is -2.27. The Hall–Kier alpha value is -5.36. The Morgan fingerprint density at radius 1 is 0.434 bits per heavy atom. The first-order valence-corrected chi connectivity index (χ1v) is 19.7. The highest BCUT2D eigenvalue weighted by molar-refractivity contribution is 8.05. The highest BCUT2D eigenvalue weighted by atomic mass is 32.2. The highest BCUT2D eigenvalue weighted by Crippen LogP contribution is 2.58. The Morgan fingerprint density at radius 3 is 1.49 bits per heavy atom. The average Bonchev–Trinajstić information content (AvgIpc) is 3.18. The van der Waals surface area contributed by atoms with Crippen molar-refractivity contribution in [3.8, 4) is 34.1 Å². The molecule has 0 saturated carbocycles. The van der Waals surface area contributed by atoms with Gasteiger partial charge in [-0.3, -0.25) is 0 Å². The van der Waals surface area contributed by atoms with E-state index >= 15 is 0 Å². The smallest absolute Gasteiger partial charge is 0.155 e. The fourth-order valence-electron chi connectivity index (χ4n) is 8.23. The third-order valence-corrected chi connectivity index (χ3v) is 13.7. The van der Waals surface area contributed by atoms with Crippen molar-refractivity contribution in [3.63, 3.8) is 0 Å². The molecule has 5 heteroatoms. The van der Waals surface area contributed by atoms with Gasteiger partial charge in [0.25, 0.3) is 0 Å². The van der Waals surface area contributed by atoms with Crippen molar-refractivity contribution in [2.75, 3.05) is 4.90 Å². The van der Waals surface area contributed by atoms with Crippen LogP contribution in [0.4, 0.5) is 17.1 Å². The van der Waals surface area contributed by atoms with Gasteiger partial charge < -0.3 is 14.4 Å². The normalized spacial score (nSPS) is 15.2. The van der Waals surface area contributed by atoms with E-state index in [-0.39, 0.29) is 10.8 Å². The van der Waals surface area contributed by atoms with Gasteiger partial charge in [0.2, 0.25) is 0 Å². The van der Waals surface area contributed by atoms with Crippen molar-refractivity contribution in [1.82, 2.24) is 0 Å². The van der Waals surface area contributed by atoms with Crippen LogP contribution in [0.15, 0.2) is 171 Å². The molecule has 0 radical (unpaired) electrons. The molecule has 0 aromatic heterocycles. The number of para-hydroxylation sites is 4. The van der Waals surface area contributed by atoms with Crippen LogP contribution in [-0.2, 0) is 10.8 Å². The molecule has 258 valence electrons. The molecule has 0 spiro atoms. The van der Waals surface area contributed by atoms with Gasteiger partial charge >= 0.3 is 0 Å². The Morgan fingerprint density at radius 2 is 0.906 bits per heavy atom. The quantitative estimate of drug-likeness (QED) is 0.180. The zero-order chi connectivity index (χ0) is 35.9. The largest absolute Gasteiger partial charge is 0.455 e. The predicted molar refractivity (Wildman–Crippen MR) is 219 cm³/mol. The molecule has 0 saturated heterocycles. The van der Waals surface area contributed by atoms with E-state index in [0.29, 0.717) is 0 Å². The third-order valence-electron chi connectivity index (χ3n) is 11.1. The van der Waals surface area contributed by atoms with Crippen LogP contribution in [0.5, 0.6) is 23.0 Å². The Balaban J connectivity index is 1.15. The van der Waals surface area contributed by atoms with E-state index in [1.54, 1.807) is 0 Å². The first kappa shape index (κ1) is 32.3. The van der Waals surface area contributed by atoms with Gasteiger partial charge in [-0.2, -0.15) is 0 Å². The monoisotopic (exact) mass is 723 g/mol. The van der Waals surface area contributed by atoms with Crippen LogP contribution in [0.25, 0.3) is 11.1 Å². The first-order chi connectivity index (χ1) is 25.8. The van der Waals surface area contributed by atoms with Crippen molar-refractivity contribution >= 4 is 40.6 Å². The van der Waals surface area contributed by atoms with Crippen LogP contribution in [0.1, 0.15) is 49.9 Å². The molecule has 3 aliphatic rings. The fraction of sp³-hybridized carbons (Fsp3) is 0.125. The average molecular weight is 724 g/mol. The van der Waals surface area contributed by atoms with Crippen LogP contribution in [0, 0.1) is 0 Å². The summed E-state index contributed by atoms with van der Waals surface area (Å²) in [6, 6.07) is 54.2. The summed E-state index contributed by atoms with van der Waals surface area (Å²) in [6.45, 7) is 9.16. The fourth-order valence-corrected chi connectivity index (χ4v) is 10.6. The van der Waals surface area contributed by atoms with E-state index in [9.17, 15) is 0 Å². The minimum absolute atomic E-state index is 0.260. The minimum atomic E-state index is -0.260. The summed E-state index contributed by atoms with van der Waals surface area (Å²) in [7, 11) is 0. The third kappa shape index (κ3) is 5.05. The van der Waals surface area contributed by atoms with Gasteiger partial charge in [-0.05, 0) is 65.7 Å². The van der Waals surface area contributed by atoms with E-state index in [1.807, 2.05) is 23.5 Å². The first-order valence-electron chi connectivity index (χ1n) is 18.1. The van der Waals surface area contributed by atoms with Gasteiger partial charge in [-0.15, -0.1) is 0 Å². The van der Waals surface area contributed by atoms with Crippen LogP contribution in [0.2, 0.25) is 0 Å². The minimum Gasteiger partial charge on any atom is -0.455 e. The number of benzene rings is 7. The molecular weight excluding hydrogens is 687 g/mol. The van der Waals surface area contributed by atoms with Crippen molar-refractivity contribution in [2.45, 2.75) is 58.1 Å². The summed E-state index contributed by atoms with van der Waals surface area (Å²) in [5.74, 6) is 3.50. The summed E-state index contributed by atoms with van der Waals surface area (Å²) in [5, 5.41) is 0. The van der Waals surface area contributed by atoms with Gasteiger partial charge in [0, 0.05) is 58.4 Å². The lowest BCUT2D eigenvalue weighted by Gasteiger charge is -2.39. The maximum Gasteiger partial charge on any atom is 0.155 e. The molecule has 0 atom stereocenters. The summed E-state index contributed by atoms with van der Waals surface area (Å²) in [6.07, 6.45) is 0. The van der Waals surface area contributed by atoms with Crippen LogP contribution in [-0.4, -0.2) is 0 Å². The second-order valence-corrected chi connectivity index (χ2v) is 17.1. The SMILES string of the molecule is CC1(C)c2ccccc2Oc2c(N(c3ccc(-c4cccc5c4Sc4ccccc4S5)cc3)c3cccc4c3Oc3ccccc3C4(C)C)cccc21. The van der Waals surface area contributed by atoms with E-state index in [2.05, 4.69) is 184 Å². The maximum absolute atomic E-state index is 6.91. The molecule has 3 nitrogen and oxygen atoms in total. The second-order valence-electron chi connectivity index (χ2n) is 14.9. The van der Waals surface area contributed by atoms with Gasteiger partial charge in [-0.25, -0.2) is 0 Å². The molecule has 10 rings (SSSR count). The summed E-state index contributed by atoms with van der Waals surface area (Å²) in [4.78, 5) is 7.54. The molecule has 0 fully saturated rings. The van der Waals surface area contributed by atoms with Gasteiger partial charge in [0.05, 0.1) is 11.4 Å². The number of hydrogen-bond acceptors (Lipinski definition) is 5. The maximum atomic E-state index is 6.91. The topological polar surface area (TPSA) is 21.7 Å². The van der Waals surface area contributed by atoms with Crippen LogP contribution >= 0.6 is 23.5 Å². The Kier molecular flexibility index (Phi) is 7.37. The molecule has 3 aliphatic heterocycles. The molecule has 53 heavy (non-hydrogen) atoms. The second kappa shape index (κ2) is 12.1. The molecule has 3 heterocycles. The number of fused-ring (bicyclic) bond motifs is 6. The number of anilines is 3. The van der Waals surface area contributed by atoms with E-state index < -0.39 is 0 Å². The zero-order valence-electron chi connectivity index (χ0n) is 30.0. The molecule has 0 aliphatic carbocycles. The lowest BCUT2D eigenvalue weighted by atomic mass is 9.75. The number of rotatable bonds is 4. The summed E-state index contributed by atoms with van der Waals surface area (Å²) in [5.41, 5.74) is 9.52. The molecular formula is C48H37NO2S2. The van der Waals surface area contributed by atoms with Crippen molar-refractivity contribution < 1.29 is 9.47 Å². The predicted octanol–water partition coefficient (Wildman–Crippen LogP) is 14.3. The number of ether oxygens (including phenoxy) is 2. The van der Waals surface area contributed by atoms with Crippen LogP contribution in [0.3, 0.4) is 0 Å². The molecule has 7 aromatic rings.